The lowest BCUT2D eigenvalue weighted by Gasteiger charge is -2.18. The van der Waals surface area contributed by atoms with Crippen molar-refractivity contribution in [1.82, 2.24) is 0 Å². The number of aryl methyl sites for hydroxylation is 1. The van der Waals surface area contributed by atoms with Crippen molar-refractivity contribution in [1.29, 1.82) is 0 Å². The molecule has 0 saturated carbocycles. The van der Waals surface area contributed by atoms with Crippen LogP contribution in [0.15, 0.2) is 18.2 Å². The zero-order valence-electron chi connectivity index (χ0n) is 14.0. The minimum atomic E-state index is -0.169. The summed E-state index contributed by atoms with van der Waals surface area (Å²) >= 11 is 0. The third-order valence-corrected chi connectivity index (χ3v) is 2.83. The monoisotopic (exact) mass is 292 g/mol. The van der Waals surface area contributed by atoms with Gasteiger partial charge in [0, 0.05) is 0 Å². The molecule has 2 aliphatic rings. The van der Waals surface area contributed by atoms with Gasteiger partial charge in [0.1, 0.15) is 5.75 Å². The van der Waals surface area contributed by atoms with Gasteiger partial charge in [-0.2, -0.15) is 0 Å². The van der Waals surface area contributed by atoms with Crippen LogP contribution in [-0.4, -0.2) is 26.9 Å². The highest BCUT2D eigenvalue weighted by Gasteiger charge is 2.27. The molecule has 21 heavy (non-hydrogen) atoms. The van der Waals surface area contributed by atoms with Crippen LogP contribution in [-0.2, 0) is 15.7 Å². The van der Waals surface area contributed by atoms with Crippen molar-refractivity contribution < 1.29 is 14.0 Å². The predicted octanol–water partition coefficient (Wildman–Crippen LogP) is 3.59. The molecular weight excluding hydrogens is 263 g/mol. The molecule has 4 heteroatoms. The summed E-state index contributed by atoms with van der Waals surface area (Å²) in [6.07, 6.45) is 4.69. The lowest BCUT2D eigenvalue weighted by Crippen LogP contribution is -2.32. The normalized spacial score (nSPS) is 15.9. The van der Waals surface area contributed by atoms with Gasteiger partial charge < -0.3 is 14.0 Å². The van der Waals surface area contributed by atoms with E-state index in [-0.39, 0.29) is 7.12 Å². The third-order valence-electron chi connectivity index (χ3n) is 2.83. The van der Waals surface area contributed by atoms with Crippen LogP contribution in [0, 0.1) is 0 Å². The standard InChI is InChI=1S/C11H13BO3.2C3H8/c1-2-9-8-10(12-14-6-7-15-12)3-4-11(9)13-5-1;2*1-3-2/h3-4,8H,1-2,5-7H2;2*3H2,1-2H3. The number of fused-ring (bicyclic) bond motifs is 1. The molecule has 0 aliphatic carbocycles. The topological polar surface area (TPSA) is 27.7 Å². The van der Waals surface area contributed by atoms with Gasteiger partial charge in [0.15, 0.2) is 0 Å². The molecule has 0 bridgehead atoms. The van der Waals surface area contributed by atoms with Crippen molar-refractivity contribution in [2.45, 2.75) is 53.4 Å². The molecule has 0 aromatic heterocycles. The molecular formula is C17H29BO3. The summed E-state index contributed by atoms with van der Waals surface area (Å²) in [6.45, 7) is 10.7. The maximum absolute atomic E-state index is 5.56. The average molecular weight is 292 g/mol. The Kier molecular flexibility index (Phi) is 9.19. The van der Waals surface area contributed by atoms with E-state index in [4.69, 9.17) is 14.0 Å². The third kappa shape index (κ3) is 6.10. The number of ether oxygens (including phenoxy) is 1. The first kappa shape index (κ1) is 18.1. The van der Waals surface area contributed by atoms with E-state index in [2.05, 4.69) is 33.8 Å². The molecule has 2 aliphatic heterocycles. The Bertz CT molecular complexity index is 388. The SMILES string of the molecule is CCC.CCC.c1cc2c(cc1B1OCCO1)CCCO2. The summed E-state index contributed by atoms with van der Waals surface area (Å²) in [6, 6.07) is 6.19. The fraction of sp³-hybridized carbons (Fsp3) is 0.647. The number of benzene rings is 1. The zero-order chi connectivity index (χ0) is 15.5. The Labute approximate surface area is 130 Å². The van der Waals surface area contributed by atoms with Crippen LogP contribution in [0.5, 0.6) is 5.75 Å². The van der Waals surface area contributed by atoms with Crippen molar-refractivity contribution >= 4 is 12.6 Å². The lowest BCUT2D eigenvalue weighted by molar-refractivity contribution is 0.288. The predicted molar refractivity (Wildman–Crippen MR) is 89.5 cm³/mol. The van der Waals surface area contributed by atoms with E-state index in [0.29, 0.717) is 13.2 Å². The second kappa shape index (κ2) is 10.7. The van der Waals surface area contributed by atoms with E-state index in [1.54, 1.807) is 0 Å². The van der Waals surface area contributed by atoms with Crippen LogP contribution < -0.4 is 10.2 Å². The van der Waals surface area contributed by atoms with E-state index in [9.17, 15) is 0 Å². The summed E-state index contributed by atoms with van der Waals surface area (Å²) < 4.78 is 16.5. The van der Waals surface area contributed by atoms with Gasteiger partial charge >= 0.3 is 7.12 Å². The van der Waals surface area contributed by atoms with Gasteiger partial charge in [-0.1, -0.05) is 52.7 Å². The summed E-state index contributed by atoms with van der Waals surface area (Å²) in [4.78, 5) is 0. The molecule has 3 nitrogen and oxygen atoms in total. The highest BCUT2D eigenvalue weighted by molar-refractivity contribution is 6.61. The Hall–Kier alpha value is -0.995. The van der Waals surface area contributed by atoms with Crippen LogP contribution in [0.4, 0.5) is 0 Å². The molecule has 0 atom stereocenters. The molecule has 1 saturated heterocycles. The number of rotatable bonds is 1. The Morgan fingerprint density at radius 2 is 1.57 bits per heavy atom. The van der Waals surface area contributed by atoms with Crippen LogP contribution in [0.25, 0.3) is 0 Å². The average Bonchev–Trinajstić information content (AvgIpc) is 3.03. The first-order chi connectivity index (χ1) is 10.3. The van der Waals surface area contributed by atoms with Crippen molar-refractivity contribution in [3.63, 3.8) is 0 Å². The van der Waals surface area contributed by atoms with Crippen LogP contribution >= 0.6 is 0 Å². The fourth-order valence-electron chi connectivity index (χ4n) is 2.08. The molecule has 1 aromatic rings. The second-order valence-electron chi connectivity index (χ2n) is 5.31. The minimum Gasteiger partial charge on any atom is -0.493 e. The molecule has 0 spiro atoms. The highest BCUT2D eigenvalue weighted by Crippen LogP contribution is 2.23. The van der Waals surface area contributed by atoms with Gasteiger partial charge in [-0.15, -0.1) is 0 Å². The molecule has 0 N–H and O–H groups in total. The largest absolute Gasteiger partial charge is 0.494 e. The molecule has 118 valence electrons. The second-order valence-corrected chi connectivity index (χ2v) is 5.31. The van der Waals surface area contributed by atoms with Crippen LogP contribution in [0.1, 0.15) is 52.5 Å². The van der Waals surface area contributed by atoms with Crippen molar-refractivity contribution in [3.8, 4) is 5.75 Å². The van der Waals surface area contributed by atoms with Gasteiger partial charge in [-0.05, 0) is 29.9 Å². The molecule has 0 radical (unpaired) electrons. The van der Waals surface area contributed by atoms with E-state index in [1.165, 1.54) is 18.4 Å². The molecule has 2 heterocycles. The van der Waals surface area contributed by atoms with Crippen molar-refractivity contribution in [3.05, 3.63) is 23.8 Å². The molecule has 3 rings (SSSR count). The quantitative estimate of drug-likeness (QED) is 0.740. The summed E-state index contributed by atoms with van der Waals surface area (Å²) in [5.41, 5.74) is 2.38. The van der Waals surface area contributed by atoms with Crippen molar-refractivity contribution in [2.24, 2.45) is 0 Å². The lowest BCUT2D eigenvalue weighted by atomic mass is 9.78. The summed E-state index contributed by atoms with van der Waals surface area (Å²) in [5, 5.41) is 0. The van der Waals surface area contributed by atoms with E-state index < -0.39 is 0 Å². The van der Waals surface area contributed by atoms with E-state index in [1.807, 2.05) is 12.1 Å². The molecule has 0 unspecified atom stereocenters. The Balaban J connectivity index is 0.000000321. The van der Waals surface area contributed by atoms with Gasteiger partial charge in [0.2, 0.25) is 0 Å². The zero-order valence-corrected chi connectivity index (χ0v) is 14.0. The Morgan fingerprint density at radius 1 is 0.952 bits per heavy atom. The smallest absolute Gasteiger partial charge is 0.493 e. The summed E-state index contributed by atoms with van der Waals surface area (Å²) in [7, 11) is -0.169. The number of hydrogen-bond donors (Lipinski definition) is 0. The van der Waals surface area contributed by atoms with Crippen molar-refractivity contribution in [2.75, 3.05) is 19.8 Å². The van der Waals surface area contributed by atoms with Gasteiger partial charge in [0.25, 0.3) is 0 Å². The molecule has 1 aromatic carbocycles. The number of hydrogen-bond acceptors (Lipinski definition) is 3. The first-order valence-electron chi connectivity index (χ1n) is 8.25. The minimum absolute atomic E-state index is 0.169. The van der Waals surface area contributed by atoms with Gasteiger partial charge in [-0.25, -0.2) is 0 Å². The van der Waals surface area contributed by atoms with Gasteiger partial charge in [-0.3, -0.25) is 0 Å². The first-order valence-corrected chi connectivity index (χ1v) is 8.25. The van der Waals surface area contributed by atoms with Crippen LogP contribution in [0.2, 0.25) is 0 Å². The van der Waals surface area contributed by atoms with Crippen LogP contribution in [0.3, 0.4) is 0 Å². The summed E-state index contributed by atoms with van der Waals surface area (Å²) in [5.74, 6) is 1.02. The maximum atomic E-state index is 5.56. The molecule has 1 fully saturated rings. The maximum Gasteiger partial charge on any atom is 0.494 e. The van der Waals surface area contributed by atoms with E-state index >= 15 is 0 Å². The fourth-order valence-corrected chi connectivity index (χ4v) is 2.08. The Morgan fingerprint density at radius 3 is 2.19 bits per heavy atom. The van der Waals surface area contributed by atoms with Gasteiger partial charge in [0.05, 0.1) is 19.8 Å². The van der Waals surface area contributed by atoms with E-state index in [0.717, 1.165) is 30.7 Å². The highest BCUT2D eigenvalue weighted by atomic mass is 16.6. The molecule has 0 amide bonds.